The molecule has 0 aliphatic carbocycles. The third-order valence-corrected chi connectivity index (χ3v) is 2.29. The molecule has 0 aromatic rings. The van der Waals surface area contributed by atoms with Gasteiger partial charge in [0.05, 0.1) is 0 Å². The van der Waals surface area contributed by atoms with Gasteiger partial charge in [-0.25, -0.2) is 0 Å². The van der Waals surface area contributed by atoms with E-state index in [9.17, 15) is 0 Å². The second kappa shape index (κ2) is 2.99. The van der Waals surface area contributed by atoms with E-state index in [0.29, 0.717) is 0 Å². The maximum absolute atomic E-state index is 8.36. The van der Waals surface area contributed by atoms with Crippen molar-refractivity contribution >= 4 is 16.5 Å². The first-order chi connectivity index (χ1) is 3.42. The molecule has 0 aliphatic rings. The van der Waals surface area contributed by atoms with E-state index in [-0.39, 0.29) is 0 Å². The van der Waals surface area contributed by atoms with Crippen LogP contribution < -0.4 is 0 Å². The monoisotopic (exact) mass is 162 g/mol. The second-order valence-corrected chi connectivity index (χ2v) is 4.38. The van der Waals surface area contributed by atoms with Crippen LogP contribution in [0.25, 0.3) is 0 Å². The summed E-state index contributed by atoms with van der Waals surface area (Å²) in [5.74, 6) is 0. The molecule has 0 atom stereocenters. The van der Waals surface area contributed by atoms with Crippen molar-refractivity contribution in [3.05, 3.63) is 0 Å². The summed E-state index contributed by atoms with van der Waals surface area (Å²) in [5, 5.41) is 0. The van der Waals surface area contributed by atoms with Crippen LogP contribution in [-0.4, -0.2) is 26.2 Å². The van der Waals surface area contributed by atoms with Gasteiger partial charge in [-0.1, -0.05) is 0 Å². The van der Waals surface area contributed by atoms with E-state index < -0.39 is 16.5 Å². The summed E-state index contributed by atoms with van der Waals surface area (Å²) in [4.78, 5) is 32.7. The fourth-order valence-electron chi connectivity index (χ4n) is 0.155. The van der Waals surface area contributed by atoms with Crippen molar-refractivity contribution in [2.45, 2.75) is 0 Å². The van der Waals surface area contributed by atoms with E-state index in [0.717, 1.165) is 6.66 Å². The van der Waals surface area contributed by atoms with Crippen LogP contribution in [0.3, 0.4) is 0 Å². The number of hydrogen-bond acceptors (Lipinski definition) is 5. The summed E-state index contributed by atoms with van der Waals surface area (Å²) >= 11 is 0. The molecule has 0 saturated heterocycles. The first-order valence-corrected chi connectivity index (χ1v) is 5.20. The summed E-state index contributed by atoms with van der Waals surface area (Å²) < 4.78 is 3.86. The van der Waals surface area contributed by atoms with Gasteiger partial charge in [-0.15, -0.1) is 0 Å². The van der Waals surface area contributed by atoms with Crippen molar-refractivity contribution in [2.24, 2.45) is 0 Å². The predicted octanol–water partition coefficient (Wildman–Crippen LogP) is -0.676. The van der Waals surface area contributed by atoms with Gasteiger partial charge >= 0.3 is 47.1 Å². The molecule has 0 aromatic carbocycles. The van der Waals surface area contributed by atoms with Gasteiger partial charge < -0.3 is 0 Å². The zero-order valence-electron chi connectivity index (χ0n) is 4.14. The van der Waals surface area contributed by atoms with Crippen molar-refractivity contribution in [1.29, 1.82) is 0 Å². The quantitative estimate of drug-likeness (QED) is 0.404. The van der Waals surface area contributed by atoms with E-state index in [1.165, 1.54) is 0 Å². The van der Waals surface area contributed by atoms with E-state index >= 15 is 0 Å². The minimum absolute atomic E-state index is 1.01. The average Bonchev–Trinajstić information content (AvgIpc) is 1.21. The molecule has 0 heterocycles. The van der Waals surface area contributed by atoms with Crippen LogP contribution in [-0.2, 0) is 4.31 Å². The van der Waals surface area contributed by atoms with Crippen molar-refractivity contribution in [2.75, 3.05) is 6.66 Å². The number of rotatable bonds is 2. The van der Waals surface area contributed by atoms with Crippen LogP contribution in [0.4, 0.5) is 0 Å². The molecule has 0 spiro atoms. The number of hydrogen-bond donors (Lipinski definition) is 4. The Kier molecular flexibility index (Phi) is 3.24. The topological polar surface area (TPSA) is 90.2 Å². The van der Waals surface area contributed by atoms with E-state index in [4.69, 9.17) is 19.6 Å². The molecule has 0 amide bonds. The zero-order chi connectivity index (χ0) is 6.78. The third kappa shape index (κ3) is 6.66. The Bertz CT molecular complexity index is 65.3. The molecule has 0 unspecified atom stereocenters. The first-order valence-electron chi connectivity index (χ1n) is 1.73. The first kappa shape index (κ1) is 8.66. The molecule has 4 N–H and O–H groups in total. The molecule has 0 radical (unpaired) electrons. The van der Waals surface area contributed by atoms with Gasteiger partial charge in [0.2, 0.25) is 0 Å². The third-order valence-electron chi connectivity index (χ3n) is 0.255. The fraction of sp³-hybridized carbons (Fsp3) is 1.00. The molecule has 0 bridgehead atoms. The van der Waals surface area contributed by atoms with Crippen LogP contribution in [0.1, 0.15) is 0 Å². The molecule has 0 fully saturated rings. The Morgan fingerprint density at radius 2 is 1.75 bits per heavy atom. The average molecular weight is 162 g/mol. The standard InChI is InChI=1S/CH8O5P2/c1-8(4,5)6-7(2)3/h2-5,8H,1H3. The summed E-state index contributed by atoms with van der Waals surface area (Å²) in [7, 11) is -6.32. The maximum atomic E-state index is 8.36. The SMILES string of the molecule is C[PH](O)(O)OP(O)O. The van der Waals surface area contributed by atoms with Crippen LogP contribution in [0.15, 0.2) is 0 Å². The van der Waals surface area contributed by atoms with Crippen molar-refractivity contribution < 1.29 is 23.9 Å². The normalized spacial score (nSPS) is 14.8. The van der Waals surface area contributed by atoms with Crippen LogP contribution in [0.2, 0.25) is 0 Å². The summed E-state index contributed by atoms with van der Waals surface area (Å²) in [6, 6.07) is 0. The summed E-state index contributed by atoms with van der Waals surface area (Å²) in [6.45, 7) is 1.01. The summed E-state index contributed by atoms with van der Waals surface area (Å²) in [6.07, 6.45) is 0. The van der Waals surface area contributed by atoms with Gasteiger partial charge in [-0.05, 0) is 0 Å². The van der Waals surface area contributed by atoms with Crippen molar-refractivity contribution in [3.8, 4) is 0 Å². The predicted molar refractivity (Wildman–Crippen MR) is 31.1 cm³/mol. The molecule has 7 heteroatoms. The Balaban J connectivity index is 3.39. The minimum atomic E-state index is -3.69. The molecule has 8 heavy (non-hydrogen) atoms. The van der Waals surface area contributed by atoms with Gasteiger partial charge in [-0.3, -0.25) is 0 Å². The second-order valence-electron chi connectivity index (χ2n) is 1.28. The van der Waals surface area contributed by atoms with Gasteiger partial charge in [0.15, 0.2) is 0 Å². The van der Waals surface area contributed by atoms with Crippen LogP contribution >= 0.6 is 16.5 Å². The zero-order valence-corrected chi connectivity index (χ0v) is 6.04. The van der Waals surface area contributed by atoms with E-state index in [1.54, 1.807) is 0 Å². The van der Waals surface area contributed by atoms with Gasteiger partial charge in [0.25, 0.3) is 0 Å². The molecule has 5 nitrogen and oxygen atoms in total. The molecule has 52 valence electrons. The molecular formula is CH8O5P2. The molecule has 0 aromatic heterocycles. The Morgan fingerprint density at radius 1 is 1.38 bits per heavy atom. The van der Waals surface area contributed by atoms with Gasteiger partial charge in [0, 0.05) is 0 Å². The molecule has 0 rings (SSSR count). The van der Waals surface area contributed by atoms with Crippen molar-refractivity contribution in [1.82, 2.24) is 0 Å². The molecular weight excluding hydrogens is 154 g/mol. The Hall–Kier alpha value is 0.660. The van der Waals surface area contributed by atoms with E-state index in [1.807, 2.05) is 0 Å². The van der Waals surface area contributed by atoms with Crippen LogP contribution in [0.5, 0.6) is 0 Å². The Morgan fingerprint density at radius 3 is 1.75 bits per heavy atom. The molecule has 0 saturated carbocycles. The Labute approximate surface area is 48.1 Å². The fourth-order valence-corrected chi connectivity index (χ4v) is 1.39. The van der Waals surface area contributed by atoms with Gasteiger partial charge in [0.1, 0.15) is 0 Å². The molecule has 0 aliphatic heterocycles. The van der Waals surface area contributed by atoms with Gasteiger partial charge in [-0.2, -0.15) is 0 Å². The van der Waals surface area contributed by atoms with Crippen LogP contribution in [0, 0.1) is 0 Å². The van der Waals surface area contributed by atoms with Crippen molar-refractivity contribution in [3.63, 3.8) is 0 Å². The summed E-state index contributed by atoms with van der Waals surface area (Å²) in [5.41, 5.74) is 0. The van der Waals surface area contributed by atoms with E-state index in [2.05, 4.69) is 4.31 Å².